The van der Waals surface area contributed by atoms with Crippen molar-refractivity contribution in [2.24, 2.45) is 7.05 Å². The van der Waals surface area contributed by atoms with Crippen LogP contribution in [0.4, 0.5) is 10.5 Å². The zero-order valence-electron chi connectivity index (χ0n) is 14.9. The molecule has 134 valence electrons. The molecule has 2 saturated heterocycles. The third-order valence-electron chi connectivity index (χ3n) is 5.49. The molecule has 0 aliphatic carbocycles. The second kappa shape index (κ2) is 7.53. The van der Waals surface area contributed by atoms with Crippen LogP contribution in [0, 0.1) is 0 Å². The third kappa shape index (κ3) is 4.08. The van der Waals surface area contributed by atoms with Crippen LogP contribution in [0.5, 0.6) is 0 Å². The molecule has 24 heavy (non-hydrogen) atoms. The van der Waals surface area contributed by atoms with Crippen molar-refractivity contribution in [3.8, 4) is 0 Å². The van der Waals surface area contributed by atoms with Gasteiger partial charge in [-0.1, -0.05) is 6.42 Å². The van der Waals surface area contributed by atoms with E-state index in [4.69, 9.17) is 0 Å². The maximum absolute atomic E-state index is 12.3. The van der Waals surface area contributed by atoms with Crippen molar-refractivity contribution in [2.75, 3.05) is 45.1 Å². The fourth-order valence-electron chi connectivity index (χ4n) is 3.91. The van der Waals surface area contributed by atoms with Crippen molar-refractivity contribution in [3.63, 3.8) is 0 Å². The lowest BCUT2D eigenvalue weighted by molar-refractivity contribution is 0.0165. The highest BCUT2D eigenvalue weighted by Crippen LogP contribution is 2.30. The number of nitrogens with zero attached hydrogens (tertiary/aromatic N) is 4. The number of urea groups is 1. The van der Waals surface area contributed by atoms with Gasteiger partial charge < -0.3 is 15.5 Å². The first-order chi connectivity index (χ1) is 11.6. The Labute approximate surface area is 144 Å². The summed E-state index contributed by atoms with van der Waals surface area (Å²) in [6, 6.07) is -0.140. The molecule has 0 radical (unpaired) electrons. The van der Waals surface area contributed by atoms with E-state index < -0.39 is 0 Å². The predicted molar refractivity (Wildman–Crippen MR) is 95.1 cm³/mol. The normalized spacial score (nSPS) is 22.2. The molecule has 0 atom stereocenters. The molecule has 2 N–H and O–H groups in total. The third-order valence-corrected chi connectivity index (χ3v) is 5.49. The molecule has 0 aromatic carbocycles. The number of amides is 2. The van der Waals surface area contributed by atoms with Gasteiger partial charge in [-0.2, -0.15) is 5.10 Å². The van der Waals surface area contributed by atoms with Gasteiger partial charge in [-0.25, -0.2) is 4.79 Å². The van der Waals surface area contributed by atoms with Gasteiger partial charge in [-0.05, 0) is 58.9 Å². The summed E-state index contributed by atoms with van der Waals surface area (Å²) in [6.45, 7) is 5.24. The van der Waals surface area contributed by atoms with Gasteiger partial charge in [0, 0.05) is 25.3 Å². The predicted octanol–water partition coefficient (Wildman–Crippen LogP) is 1.49. The quantitative estimate of drug-likeness (QED) is 0.876. The summed E-state index contributed by atoms with van der Waals surface area (Å²) < 4.78 is 1.68. The molecular weight excluding hydrogens is 304 g/mol. The first-order valence-electron chi connectivity index (χ1n) is 9.05. The molecule has 0 unspecified atom stereocenters. The van der Waals surface area contributed by atoms with Crippen molar-refractivity contribution in [1.82, 2.24) is 24.9 Å². The summed E-state index contributed by atoms with van der Waals surface area (Å²) in [7, 11) is 4.02. The van der Waals surface area contributed by atoms with Crippen LogP contribution in [-0.4, -0.2) is 70.9 Å². The number of nitrogens with one attached hydrogen (secondary N) is 2. The first kappa shape index (κ1) is 17.2. The second-order valence-electron chi connectivity index (χ2n) is 7.29. The molecule has 0 spiro atoms. The van der Waals surface area contributed by atoms with E-state index in [1.807, 2.05) is 7.05 Å². The molecule has 2 amide bonds. The van der Waals surface area contributed by atoms with Crippen LogP contribution in [0.2, 0.25) is 0 Å². The molecule has 2 aliphatic rings. The lowest BCUT2D eigenvalue weighted by Gasteiger charge is -2.50. The van der Waals surface area contributed by atoms with E-state index in [1.54, 1.807) is 17.1 Å². The van der Waals surface area contributed by atoms with E-state index in [9.17, 15) is 4.79 Å². The van der Waals surface area contributed by atoms with E-state index in [2.05, 4.69) is 32.6 Å². The maximum atomic E-state index is 12.3. The number of hydrogen-bond acceptors (Lipinski definition) is 4. The number of likely N-dealkylation sites (tertiary alicyclic amines) is 2. The van der Waals surface area contributed by atoms with Crippen LogP contribution in [0.3, 0.4) is 0 Å². The molecule has 2 fully saturated rings. The molecule has 7 nitrogen and oxygen atoms in total. The second-order valence-corrected chi connectivity index (χ2v) is 7.29. The Kier molecular flexibility index (Phi) is 5.40. The summed E-state index contributed by atoms with van der Waals surface area (Å²) >= 11 is 0. The van der Waals surface area contributed by atoms with E-state index in [0.29, 0.717) is 6.54 Å². The Morgan fingerprint density at radius 2 is 1.88 bits per heavy atom. The summed E-state index contributed by atoms with van der Waals surface area (Å²) in [5.41, 5.74) is 0.838. The number of carbonyl (C=O) groups excluding carboxylic acids is 1. The molecule has 2 aliphatic heterocycles. The van der Waals surface area contributed by atoms with Crippen molar-refractivity contribution in [2.45, 2.75) is 37.6 Å². The maximum Gasteiger partial charge on any atom is 0.319 e. The molecule has 1 aromatic heterocycles. The lowest BCUT2D eigenvalue weighted by atomic mass is 9.84. The number of carbonyl (C=O) groups is 1. The van der Waals surface area contributed by atoms with Crippen LogP contribution in [-0.2, 0) is 7.05 Å². The number of aryl methyl sites for hydroxylation is 1. The fourth-order valence-corrected chi connectivity index (χ4v) is 3.91. The Morgan fingerprint density at radius 3 is 2.50 bits per heavy atom. The highest BCUT2D eigenvalue weighted by atomic mass is 16.2. The molecule has 1 aromatic rings. The summed E-state index contributed by atoms with van der Waals surface area (Å²) in [6.07, 6.45) is 9.60. The van der Waals surface area contributed by atoms with Gasteiger partial charge in [0.25, 0.3) is 0 Å². The Balaban J connectivity index is 1.60. The molecule has 0 bridgehead atoms. The van der Waals surface area contributed by atoms with Gasteiger partial charge in [-0.15, -0.1) is 0 Å². The highest BCUT2D eigenvalue weighted by Gasteiger charge is 2.39. The SMILES string of the molecule is CN1CCC(CNC(=O)Nc2cnn(C)c2)(N2CCCCC2)CC1. The van der Waals surface area contributed by atoms with Gasteiger partial charge in [0.2, 0.25) is 0 Å². The van der Waals surface area contributed by atoms with E-state index in [-0.39, 0.29) is 11.6 Å². The minimum Gasteiger partial charge on any atom is -0.336 e. The molecular formula is C17H30N6O. The van der Waals surface area contributed by atoms with Crippen LogP contribution >= 0.6 is 0 Å². The van der Waals surface area contributed by atoms with Gasteiger partial charge in [0.05, 0.1) is 11.9 Å². The van der Waals surface area contributed by atoms with Crippen LogP contribution in [0.1, 0.15) is 32.1 Å². The van der Waals surface area contributed by atoms with Crippen molar-refractivity contribution < 1.29 is 4.79 Å². The van der Waals surface area contributed by atoms with Gasteiger partial charge >= 0.3 is 6.03 Å². The Hall–Kier alpha value is -1.60. The van der Waals surface area contributed by atoms with Gasteiger partial charge in [-0.3, -0.25) is 9.58 Å². The molecule has 3 heterocycles. The Bertz CT molecular complexity index is 543. The van der Waals surface area contributed by atoms with E-state index in [0.717, 1.165) is 44.7 Å². The van der Waals surface area contributed by atoms with E-state index >= 15 is 0 Å². The largest absolute Gasteiger partial charge is 0.336 e. The van der Waals surface area contributed by atoms with Gasteiger partial charge in [0.15, 0.2) is 0 Å². The molecule has 7 heteroatoms. The van der Waals surface area contributed by atoms with Gasteiger partial charge in [0.1, 0.15) is 0 Å². The van der Waals surface area contributed by atoms with Crippen LogP contribution in [0.25, 0.3) is 0 Å². The minimum atomic E-state index is -0.140. The highest BCUT2D eigenvalue weighted by molar-refractivity contribution is 5.88. The van der Waals surface area contributed by atoms with Crippen LogP contribution in [0.15, 0.2) is 12.4 Å². The smallest absolute Gasteiger partial charge is 0.319 e. The summed E-state index contributed by atoms with van der Waals surface area (Å²) in [5, 5.41) is 10.1. The standard InChI is InChI=1S/C17H30N6O/c1-21-10-6-17(7-11-21,23-8-4-3-5-9-23)14-18-16(24)20-15-12-19-22(2)13-15/h12-13H,3-11,14H2,1-2H3,(H2,18,20,24). The number of rotatable bonds is 4. The van der Waals surface area contributed by atoms with E-state index in [1.165, 1.54) is 19.3 Å². The monoisotopic (exact) mass is 334 g/mol. The Morgan fingerprint density at radius 1 is 1.17 bits per heavy atom. The summed E-state index contributed by atoms with van der Waals surface area (Å²) in [4.78, 5) is 17.3. The lowest BCUT2D eigenvalue weighted by Crippen LogP contribution is -2.61. The zero-order chi connectivity index (χ0) is 17.0. The minimum absolute atomic E-state index is 0.110. The molecule has 0 saturated carbocycles. The zero-order valence-corrected chi connectivity index (χ0v) is 14.9. The number of anilines is 1. The van der Waals surface area contributed by atoms with Crippen molar-refractivity contribution in [1.29, 1.82) is 0 Å². The average Bonchev–Trinajstić information content (AvgIpc) is 3.00. The number of aromatic nitrogens is 2. The molecule has 3 rings (SSSR count). The average molecular weight is 334 g/mol. The first-order valence-corrected chi connectivity index (χ1v) is 9.05. The topological polar surface area (TPSA) is 65.4 Å². The number of piperidine rings is 2. The van der Waals surface area contributed by atoms with Crippen molar-refractivity contribution in [3.05, 3.63) is 12.4 Å². The summed E-state index contributed by atoms with van der Waals surface area (Å²) in [5.74, 6) is 0. The fraction of sp³-hybridized carbons (Fsp3) is 0.765. The van der Waals surface area contributed by atoms with Crippen molar-refractivity contribution >= 4 is 11.7 Å². The number of hydrogen-bond donors (Lipinski definition) is 2. The van der Waals surface area contributed by atoms with Crippen LogP contribution < -0.4 is 10.6 Å².